The van der Waals surface area contributed by atoms with Gasteiger partial charge in [0.25, 0.3) is 11.8 Å². The molecule has 0 aliphatic carbocycles. The van der Waals surface area contributed by atoms with E-state index in [4.69, 9.17) is 0 Å². The van der Waals surface area contributed by atoms with E-state index in [0.717, 1.165) is 27.7 Å². The first-order chi connectivity index (χ1) is 22.4. The van der Waals surface area contributed by atoms with E-state index in [1.807, 2.05) is 37.3 Å². The quantitative estimate of drug-likeness (QED) is 0.0923. The molecule has 1 aromatic heterocycles. The third kappa shape index (κ3) is 9.13. The Bertz CT molecular complexity index is 1820. The second-order valence-electron chi connectivity index (χ2n) is 9.62. The second kappa shape index (κ2) is 16.0. The molecule has 232 valence electrons. The van der Waals surface area contributed by atoms with Crippen molar-refractivity contribution in [2.45, 2.75) is 22.2 Å². The molecule has 0 radical (unpaired) electrons. The molecular formula is C34H28FN5O3S3. The molecule has 0 aliphatic heterocycles. The molecule has 8 nitrogen and oxygen atoms in total. The fourth-order valence-electron chi connectivity index (χ4n) is 4.14. The summed E-state index contributed by atoms with van der Waals surface area (Å²) in [6.07, 6.45) is 1.48. The third-order valence-corrected chi connectivity index (χ3v) is 9.07. The Labute approximate surface area is 278 Å². The zero-order valence-electron chi connectivity index (χ0n) is 24.5. The average Bonchev–Trinajstić information content (AvgIpc) is 3.52. The number of nitrogens with zero attached hydrogens (tertiary/aromatic N) is 2. The third-order valence-electron chi connectivity index (χ3n) is 6.33. The van der Waals surface area contributed by atoms with E-state index in [1.165, 1.54) is 53.9 Å². The van der Waals surface area contributed by atoms with Crippen molar-refractivity contribution < 1.29 is 18.8 Å². The topological polar surface area (TPSA) is 113 Å². The zero-order chi connectivity index (χ0) is 32.3. The molecule has 1 unspecified atom stereocenters. The van der Waals surface area contributed by atoms with Crippen molar-refractivity contribution in [3.05, 3.63) is 137 Å². The molecule has 5 aromatic rings. The molecule has 4 aromatic carbocycles. The van der Waals surface area contributed by atoms with Gasteiger partial charge in [-0.2, -0.15) is 9.36 Å². The van der Waals surface area contributed by atoms with Crippen LogP contribution in [0.3, 0.4) is 0 Å². The minimum Gasteiger partial charge on any atom is -0.321 e. The van der Waals surface area contributed by atoms with Crippen LogP contribution in [0.2, 0.25) is 0 Å². The van der Waals surface area contributed by atoms with Gasteiger partial charge in [0.1, 0.15) is 16.8 Å². The number of benzene rings is 4. The molecule has 5 rings (SSSR count). The minimum absolute atomic E-state index is 0.0168. The summed E-state index contributed by atoms with van der Waals surface area (Å²) in [7, 11) is 0. The normalized spacial score (nSPS) is 11.8. The first kappa shape index (κ1) is 32.6. The number of carbonyl (C=O) groups excluding carboxylic acids is 3. The number of thioether (sulfide) groups is 2. The summed E-state index contributed by atoms with van der Waals surface area (Å²) in [5.74, 6) is -0.843. The molecule has 1 heterocycles. The van der Waals surface area contributed by atoms with Crippen LogP contribution in [0.25, 0.3) is 6.08 Å². The van der Waals surface area contributed by atoms with E-state index in [-0.39, 0.29) is 11.6 Å². The van der Waals surface area contributed by atoms with Crippen LogP contribution in [0.1, 0.15) is 33.7 Å². The molecule has 3 N–H and O–H groups in total. The van der Waals surface area contributed by atoms with Gasteiger partial charge < -0.3 is 10.6 Å². The number of hydrogen-bond donors (Lipinski definition) is 3. The average molecular weight is 670 g/mol. The number of aromatic nitrogens is 2. The van der Waals surface area contributed by atoms with E-state index in [2.05, 4.69) is 25.3 Å². The monoisotopic (exact) mass is 669 g/mol. The Balaban J connectivity index is 1.31. The van der Waals surface area contributed by atoms with Gasteiger partial charge in [0, 0.05) is 27.7 Å². The molecule has 0 bridgehead atoms. The molecule has 0 aliphatic rings. The van der Waals surface area contributed by atoms with Gasteiger partial charge in [-0.05, 0) is 71.5 Å². The number of nitrogens with one attached hydrogen (secondary N) is 3. The molecule has 1 atom stereocenters. The molecule has 46 heavy (non-hydrogen) atoms. The Morgan fingerprint density at radius 2 is 1.54 bits per heavy atom. The summed E-state index contributed by atoms with van der Waals surface area (Å²) in [4.78, 5) is 44.8. The molecule has 0 spiro atoms. The first-order valence-electron chi connectivity index (χ1n) is 14.1. The summed E-state index contributed by atoms with van der Waals surface area (Å²) >= 11 is 4.00. The SMILES string of the molecule is CCSc1nsc(NC(=O)C(Sc2ccc(NC(=O)/C(=C/c3ccc(F)cc3)NC(=O)c3ccccc3)cc2)c2ccccc2)n1. The van der Waals surface area contributed by atoms with Crippen molar-refractivity contribution in [1.82, 2.24) is 14.7 Å². The van der Waals surface area contributed by atoms with Gasteiger partial charge in [0.05, 0.1) is 0 Å². The largest absolute Gasteiger partial charge is 0.321 e. The highest BCUT2D eigenvalue weighted by atomic mass is 32.2. The predicted molar refractivity (Wildman–Crippen MR) is 183 cm³/mol. The minimum atomic E-state index is -0.578. The van der Waals surface area contributed by atoms with E-state index in [9.17, 15) is 18.8 Å². The van der Waals surface area contributed by atoms with Gasteiger partial charge in [0.15, 0.2) is 0 Å². The highest BCUT2D eigenvalue weighted by Crippen LogP contribution is 2.37. The highest BCUT2D eigenvalue weighted by Gasteiger charge is 2.24. The Kier molecular flexibility index (Phi) is 11.3. The van der Waals surface area contributed by atoms with Crippen LogP contribution in [0.4, 0.5) is 15.2 Å². The number of hydrogen-bond acceptors (Lipinski definition) is 8. The lowest BCUT2D eigenvalue weighted by atomic mass is 10.1. The lowest BCUT2D eigenvalue weighted by Gasteiger charge is -2.16. The van der Waals surface area contributed by atoms with Crippen molar-refractivity contribution in [2.24, 2.45) is 0 Å². The maximum Gasteiger partial charge on any atom is 0.272 e. The molecular weight excluding hydrogens is 642 g/mol. The van der Waals surface area contributed by atoms with Crippen LogP contribution in [0, 0.1) is 5.82 Å². The van der Waals surface area contributed by atoms with Crippen LogP contribution in [-0.2, 0) is 9.59 Å². The van der Waals surface area contributed by atoms with Crippen LogP contribution in [-0.4, -0.2) is 32.8 Å². The van der Waals surface area contributed by atoms with E-state index in [0.29, 0.717) is 27.1 Å². The highest BCUT2D eigenvalue weighted by molar-refractivity contribution is 8.00. The maximum absolute atomic E-state index is 13.5. The summed E-state index contributed by atoms with van der Waals surface area (Å²) in [6.45, 7) is 2.01. The van der Waals surface area contributed by atoms with Crippen LogP contribution >= 0.6 is 35.1 Å². The summed E-state index contributed by atoms with van der Waals surface area (Å²) < 4.78 is 17.8. The summed E-state index contributed by atoms with van der Waals surface area (Å²) in [6, 6.07) is 30.5. The Morgan fingerprint density at radius 1 is 0.870 bits per heavy atom. The van der Waals surface area contributed by atoms with Gasteiger partial charge in [-0.25, -0.2) is 4.39 Å². The standard InChI is InChI=1S/C34H28FN5O3S3/c1-2-44-34-39-33(46-40-34)38-32(43)29(23-9-5-3-6-10-23)45-27-19-17-26(18-20-27)36-31(42)28(21-22-13-15-25(35)16-14-22)37-30(41)24-11-7-4-8-12-24/h3-21,29H,2H2,1H3,(H,36,42)(H,37,41)(H,38,39,40,43)/b28-21-. The Hall–Kier alpha value is -4.78. The van der Waals surface area contributed by atoms with Crippen molar-refractivity contribution >= 4 is 69.7 Å². The van der Waals surface area contributed by atoms with E-state index >= 15 is 0 Å². The number of carbonyl (C=O) groups is 3. The number of rotatable bonds is 12. The first-order valence-corrected chi connectivity index (χ1v) is 16.8. The van der Waals surface area contributed by atoms with Crippen molar-refractivity contribution in [1.29, 1.82) is 0 Å². The van der Waals surface area contributed by atoms with Gasteiger partial charge in [-0.3, -0.25) is 19.7 Å². The fourth-order valence-corrected chi connectivity index (χ4v) is 6.44. The second-order valence-corrected chi connectivity index (χ2v) is 12.8. The maximum atomic E-state index is 13.5. The molecule has 12 heteroatoms. The van der Waals surface area contributed by atoms with Gasteiger partial charge in [-0.1, -0.05) is 79.3 Å². The Morgan fingerprint density at radius 3 is 2.22 bits per heavy atom. The number of amides is 3. The lowest BCUT2D eigenvalue weighted by Crippen LogP contribution is -2.30. The van der Waals surface area contributed by atoms with Crippen LogP contribution < -0.4 is 16.0 Å². The predicted octanol–water partition coefficient (Wildman–Crippen LogP) is 7.67. The summed E-state index contributed by atoms with van der Waals surface area (Å²) in [5, 5.41) is 8.86. The van der Waals surface area contributed by atoms with Crippen LogP contribution in [0.5, 0.6) is 0 Å². The molecule has 0 fully saturated rings. The van der Waals surface area contributed by atoms with Crippen LogP contribution in [0.15, 0.2) is 125 Å². The molecule has 0 saturated heterocycles. The van der Waals surface area contributed by atoms with Crippen molar-refractivity contribution in [3.63, 3.8) is 0 Å². The number of halogens is 1. The summed E-state index contributed by atoms with van der Waals surface area (Å²) in [5.41, 5.74) is 2.19. The molecule has 0 saturated carbocycles. The van der Waals surface area contributed by atoms with Gasteiger partial charge in [-0.15, -0.1) is 11.8 Å². The van der Waals surface area contributed by atoms with Gasteiger partial charge >= 0.3 is 0 Å². The van der Waals surface area contributed by atoms with E-state index < -0.39 is 22.9 Å². The zero-order valence-corrected chi connectivity index (χ0v) is 26.9. The molecule has 3 amide bonds. The fraction of sp³-hybridized carbons (Fsp3) is 0.0882. The van der Waals surface area contributed by atoms with Crippen molar-refractivity contribution in [2.75, 3.05) is 16.4 Å². The van der Waals surface area contributed by atoms with E-state index in [1.54, 1.807) is 54.6 Å². The number of anilines is 2. The van der Waals surface area contributed by atoms with Gasteiger partial charge in [0.2, 0.25) is 16.2 Å². The van der Waals surface area contributed by atoms with Crippen molar-refractivity contribution in [3.8, 4) is 0 Å². The smallest absolute Gasteiger partial charge is 0.272 e. The lowest BCUT2D eigenvalue weighted by molar-refractivity contribution is -0.116.